The summed E-state index contributed by atoms with van der Waals surface area (Å²) in [4.78, 5) is 26.8. The normalized spacial score (nSPS) is 17.6. The van der Waals surface area contributed by atoms with Crippen LogP contribution in [-0.4, -0.2) is 41.9 Å². The lowest BCUT2D eigenvalue weighted by atomic mass is 9.92. The van der Waals surface area contributed by atoms with E-state index in [0.717, 1.165) is 25.7 Å². The molecule has 3 N–H and O–H groups in total. The Balaban J connectivity index is 0.00000312. The molecule has 25 heavy (non-hydrogen) atoms. The van der Waals surface area contributed by atoms with Gasteiger partial charge >= 0.3 is 0 Å². The molecule has 1 aliphatic rings. The topological polar surface area (TPSA) is 75.4 Å². The Morgan fingerprint density at radius 2 is 1.88 bits per heavy atom. The first-order chi connectivity index (χ1) is 11.5. The van der Waals surface area contributed by atoms with Gasteiger partial charge in [-0.15, -0.1) is 12.4 Å². The van der Waals surface area contributed by atoms with Crippen LogP contribution >= 0.6 is 12.4 Å². The summed E-state index contributed by atoms with van der Waals surface area (Å²) in [7, 11) is 0. The highest BCUT2D eigenvalue weighted by Crippen LogP contribution is 2.19. The van der Waals surface area contributed by atoms with E-state index in [2.05, 4.69) is 5.32 Å². The second-order valence-corrected chi connectivity index (χ2v) is 6.74. The summed E-state index contributed by atoms with van der Waals surface area (Å²) >= 11 is 0. The Morgan fingerprint density at radius 3 is 2.48 bits per heavy atom. The average molecular weight is 368 g/mol. The van der Waals surface area contributed by atoms with Crippen LogP contribution in [0.15, 0.2) is 30.3 Å². The van der Waals surface area contributed by atoms with Crippen molar-refractivity contribution in [1.82, 2.24) is 10.2 Å². The predicted molar refractivity (Wildman–Crippen MR) is 103 cm³/mol. The molecular weight excluding hydrogens is 338 g/mol. The van der Waals surface area contributed by atoms with Crippen LogP contribution in [-0.2, 0) is 4.79 Å². The number of halogens is 1. The van der Waals surface area contributed by atoms with Crippen molar-refractivity contribution in [1.29, 1.82) is 0 Å². The number of rotatable bonds is 6. The van der Waals surface area contributed by atoms with E-state index in [-0.39, 0.29) is 35.7 Å². The minimum Gasteiger partial charge on any atom is -0.354 e. The number of nitrogens with zero attached hydrogens (tertiary/aromatic N) is 1. The first-order valence-electron chi connectivity index (χ1n) is 8.90. The molecule has 5 nitrogen and oxygen atoms in total. The van der Waals surface area contributed by atoms with Crippen LogP contribution in [0.3, 0.4) is 0 Å². The van der Waals surface area contributed by atoms with E-state index in [9.17, 15) is 9.59 Å². The van der Waals surface area contributed by atoms with E-state index in [1.807, 2.05) is 44.2 Å². The number of carbonyl (C=O) groups is 2. The Hall–Kier alpha value is -1.59. The van der Waals surface area contributed by atoms with E-state index in [4.69, 9.17) is 5.73 Å². The maximum Gasteiger partial charge on any atom is 0.253 e. The van der Waals surface area contributed by atoms with E-state index >= 15 is 0 Å². The molecule has 1 atom stereocenters. The highest BCUT2D eigenvalue weighted by molar-refractivity contribution is 5.94. The van der Waals surface area contributed by atoms with Gasteiger partial charge in [0, 0.05) is 30.7 Å². The van der Waals surface area contributed by atoms with Gasteiger partial charge in [-0.2, -0.15) is 0 Å². The molecule has 6 heteroatoms. The third-order valence-corrected chi connectivity index (χ3v) is 5.12. The smallest absolute Gasteiger partial charge is 0.253 e. The van der Waals surface area contributed by atoms with Gasteiger partial charge in [0.15, 0.2) is 0 Å². The number of benzene rings is 1. The maximum absolute atomic E-state index is 12.6. The standard InChI is InChI=1S/C19H29N3O2.ClH/c1-3-19(20,4-2)14-21-17(23)16-11-8-12-22(13-16)18(24)15-9-6-5-7-10-15;/h5-7,9-10,16H,3-4,8,11-14,20H2,1-2H3,(H,21,23);1H. The lowest BCUT2D eigenvalue weighted by Crippen LogP contribution is -2.52. The number of carbonyl (C=O) groups excluding carboxylic acids is 2. The zero-order chi connectivity index (χ0) is 17.6. The number of amides is 2. The second-order valence-electron chi connectivity index (χ2n) is 6.74. The Labute approximate surface area is 156 Å². The molecule has 1 heterocycles. The Bertz CT molecular complexity index is 561. The van der Waals surface area contributed by atoms with Crippen molar-refractivity contribution in [2.75, 3.05) is 19.6 Å². The van der Waals surface area contributed by atoms with Gasteiger partial charge in [-0.3, -0.25) is 9.59 Å². The van der Waals surface area contributed by atoms with Crippen LogP contribution in [0.5, 0.6) is 0 Å². The fraction of sp³-hybridized carbons (Fsp3) is 0.579. The summed E-state index contributed by atoms with van der Waals surface area (Å²) in [6.45, 7) is 5.76. The molecule has 1 aliphatic heterocycles. The molecule has 1 aromatic carbocycles. The summed E-state index contributed by atoms with van der Waals surface area (Å²) in [5.41, 5.74) is 6.58. The minimum atomic E-state index is -0.343. The maximum atomic E-state index is 12.6. The summed E-state index contributed by atoms with van der Waals surface area (Å²) in [5, 5.41) is 2.99. The van der Waals surface area contributed by atoms with Crippen molar-refractivity contribution in [2.24, 2.45) is 11.7 Å². The summed E-state index contributed by atoms with van der Waals surface area (Å²) in [6, 6.07) is 9.24. The van der Waals surface area contributed by atoms with Gasteiger partial charge in [-0.1, -0.05) is 32.0 Å². The lowest BCUT2D eigenvalue weighted by Gasteiger charge is -2.33. The fourth-order valence-corrected chi connectivity index (χ4v) is 3.05. The lowest BCUT2D eigenvalue weighted by molar-refractivity contribution is -0.126. The molecule has 0 radical (unpaired) electrons. The van der Waals surface area contributed by atoms with Crippen molar-refractivity contribution in [3.8, 4) is 0 Å². The van der Waals surface area contributed by atoms with Gasteiger partial charge in [0.05, 0.1) is 5.92 Å². The molecule has 1 fully saturated rings. The molecule has 1 aromatic rings. The van der Waals surface area contributed by atoms with E-state index in [0.29, 0.717) is 25.2 Å². The first-order valence-corrected chi connectivity index (χ1v) is 8.90. The largest absolute Gasteiger partial charge is 0.354 e. The zero-order valence-corrected chi connectivity index (χ0v) is 16.0. The molecule has 0 aliphatic carbocycles. The van der Waals surface area contributed by atoms with Gasteiger partial charge in [0.1, 0.15) is 0 Å². The van der Waals surface area contributed by atoms with Crippen LogP contribution < -0.4 is 11.1 Å². The molecule has 0 saturated carbocycles. The Kier molecular flexibility index (Phi) is 8.39. The molecule has 2 rings (SSSR count). The number of nitrogens with two attached hydrogens (primary N) is 1. The molecule has 2 amide bonds. The average Bonchev–Trinajstić information content (AvgIpc) is 2.66. The molecule has 0 spiro atoms. The van der Waals surface area contributed by atoms with Crippen LogP contribution in [0, 0.1) is 5.92 Å². The monoisotopic (exact) mass is 367 g/mol. The molecule has 1 saturated heterocycles. The SMILES string of the molecule is CCC(N)(CC)CNC(=O)C1CCCN(C(=O)c2ccccc2)C1.Cl. The minimum absolute atomic E-state index is 0. The summed E-state index contributed by atoms with van der Waals surface area (Å²) in [5.74, 6) is -0.134. The van der Waals surface area contributed by atoms with Crippen LogP contribution in [0.25, 0.3) is 0 Å². The van der Waals surface area contributed by atoms with E-state index in [1.54, 1.807) is 4.90 Å². The van der Waals surface area contributed by atoms with Crippen molar-refractivity contribution in [3.05, 3.63) is 35.9 Å². The number of nitrogens with one attached hydrogen (secondary N) is 1. The van der Waals surface area contributed by atoms with Gasteiger partial charge in [0.25, 0.3) is 5.91 Å². The highest BCUT2D eigenvalue weighted by atomic mass is 35.5. The van der Waals surface area contributed by atoms with Crippen LogP contribution in [0.4, 0.5) is 0 Å². The summed E-state index contributed by atoms with van der Waals surface area (Å²) in [6.07, 6.45) is 3.33. The number of hydrogen-bond acceptors (Lipinski definition) is 3. The quantitative estimate of drug-likeness (QED) is 0.811. The van der Waals surface area contributed by atoms with Gasteiger partial charge in [0.2, 0.25) is 5.91 Å². The third-order valence-electron chi connectivity index (χ3n) is 5.12. The summed E-state index contributed by atoms with van der Waals surface area (Å²) < 4.78 is 0. The molecule has 0 bridgehead atoms. The number of hydrogen-bond donors (Lipinski definition) is 2. The van der Waals surface area contributed by atoms with Gasteiger partial charge in [-0.05, 0) is 37.8 Å². The highest BCUT2D eigenvalue weighted by Gasteiger charge is 2.30. The zero-order valence-electron chi connectivity index (χ0n) is 15.2. The van der Waals surface area contributed by atoms with Crippen molar-refractivity contribution < 1.29 is 9.59 Å². The first kappa shape index (κ1) is 21.5. The van der Waals surface area contributed by atoms with E-state index in [1.165, 1.54) is 0 Å². The third kappa shape index (κ3) is 5.72. The number of piperidine rings is 1. The van der Waals surface area contributed by atoms with Gasteiger partial charge in [-0.25, -0.2) is 0 Å². The Morgan fingerprint density at radius 1 is 1.24 bits per heavy atom. The van der Waals surface area contributed by atoms with Crippen molar-refractivity contribution >= 4 is 24.2 Å². The number of likely N-dealkylation sites (tertiary alicyclic amines) is 1. The molecular formula is C19H30ClN3O2. The van der Waals surface area contributed by atoms with Crippen molar-refractivity contribution in [3.63, 3.8) is 0 Å². The molecule has 1 unspecified atom stereocenters. The second kappa shape index (κ2) is 9.78. The van der Waals surface area contributed by atoms with Gasteiger partial charge < -0.3 is 16.0 Å². The predicted octanol–water partition coefficient (Wildman–Crippen LogP) is 2.59. The molecule has 140 valence electrons. The van der Waals surface area contributed by atoms with Crippen LogP contribution in [0.1, 0.15) is 49.9 Å². The van der Waals surface area contributed by atoms with Crippen LogP contribution in [0.2, 0.25) is 0 Å². The van der Waals surface area contributed by atoms with E-state index < -0.39 is 0 Å². The van der Waals surface area contributed by atoms with Crippen molar-refractivity contribution in [2.45, 2.75) is 45.1 Å². The molecule has 0 aromatic heterocycles. The fourth-order valence-electron chi connectivity index (χ4n) is 3.05.